The lowest BCUT2D eigenvalue weighted by Gasteiger charge is -2.19. The van der Waals surface area contributed by atoms with E-state index in [0.29, 0.717) is 5.75 Å². The van der Waals surface area contributed by atoms with Gasteiger partial charge in [0, 0.05) is 4.47 Å². The number of carbonyl (C=O) groups excluding carboxylic acids is 1. The molecule has 0 unspecified atom stereocenters. The van der Waals surface area contributed by atoms with Gasteiger partial charge in [0.05, 0.1) is 6.21 Å². The molecule has 0 spiro atoms. The maximum Gasteiger partial charge on any atom is 0.277 e. The molecule has 0 heterocycles. The minimum Gasteiger partial charge on any atom is -0.484 e. The third kappa shape index (κ3) is 5.81. The number of halogens is 1. The van der Waals surface area contributed by atoms with Crippen molar-refractivity contribution in [1.82, 2.24) is 5.43 Å². The maximum atomic E-state index is 11.7. The van der Waals surface area contributed by atoms with Gasteiger partial charge in [-0.15, -0.1) is 0 Å². The van der Waals surface area contributed by atoms with E-state index in [2.05, 4.69) is 47.2 Å². The Morgan fingerprint density at radius 2 is 1.75 bits per heavy atom. The van der Waals surface area contributed by atoms with Crippen molar-refractivity contribution < 1.29 is 9.53 Å². The number of carbonyl (C=O) groups is 1. The fourth-order valence-corrected chi connectivity index (χ4v) is 2.22. The average molecular weight is 389 g/mol. The maximum absolute atomic E-state index is 11.7. The van der Waals surface area contributed by atoms with Crippen LogP contribution in [-0.4, -0.2) is 18.7 Å². The number of benzene rings is 2. The number of hydrogen-bond donors (Lipinski definition) is 1. The van der Waals surface area contributed by atoms with E-state index in [-0.39, 0.29) is 17.9 Å². The Bertz CT molecular complexity index is 702. The summed E-state index contributed by atoms with van der Waals surface area (Å²) in [4.78, 5) is 11.7. The Labute approximate surface area is 151 Å². The molecule has 0 bridgehead atoms. The number of hydrogen-bond acceptors (Lipinski definition) is 3. The Morgan fingerprint density at radius 1 is 1.12 bits per heavy atom. The van der Waals surface area contributed by atoms with Crippen LogP contribution >= 0.6 is 15.9 Å². The third-order valence-corrected chi connectivity index (χ3v) is 3.89. The number of rotatable bonds is 5. The molecule has 24 heavy (non-hydrogen) atoms. The zero-order chi connectivity index (χ0) is 17.6. The van der Waals surface area contributed by atoms with Crippen molar-refractivity contribution in [2.75, 3.05) is 6.61 Å². The van der Waals surface area contributed by atoms with Crippen molar-refractivity contribution in [1.29, 1.82) is 0 Å². The number of hydrazone groups is 1. The summed E-state index contributed by atoms with van der Waals surface area (Å²) in [6, 6.07) is 15.4. The van der Waals surface area contributed by atoms with Crippen molar-refractivity contribution in [3.63, 3.8) is 0 Å². The molecule has 2 aromatic rings. The first-order valence-corrected chi connectivity index (χ1v) is 8.45. The summed E-state index contributed by atoms with van der Waals surface area (Å²) in [5.41, 5.74) is 4.66. The molecule has 2 aromatic carbocycles. The molecule has 4 nitrogen and oxygen atoms in total. The lowest BCUT2D eigenvalue weighted by atomic mass is 9.87. The molecule has 126 valence electrons. The van der Waals surface area contributed by atoms with Gasteiger partial charge in [-0.25, -0.2) is 5.43 Å². The fraction of sp³-hybridized carbons (Fsp3) is 0.263. The normalized spacial score (nSPS) is 11.5. The number of ether oxygens (including phenoxy) is 1. The van der Waals surface area contributed by atoms with Gasteiger partial charge in [-0.2, -0.15) is 5.10 Å². The van der Waals surface area contributed by atoms with Crippen LogP contribution in [0.2, 0.25) is 0 Å². The Morgan fingerprint density at radius 3 is 2.33 bits per heavy atom. The Balaban J connectivity index is 1.79. The van der Waals surface area contributed by atoms with Gasteiger partial charge >= 0.3 is 0 Å². The molecule has 0 radical (unpaired) electrons. The van der Waals surface area contributed by atoms with Gasteiger partial charge in [0.1, 0.15) is 5.75 Å². The number of amides is 1. The zero-order valence-corrected chi connectivity index (χ0v) is 15.6. The highest BCUT2D eigenvalue weighted by molar-refractivity contribution is 9.10. The Hall–Kier alpha value is -2.14. The Kier molecular flexibility index (Phi) is 6.15. The van der Waals surface area contributed by atoms with E-state index in [1.54, 1.807) is 6.21 Å². The first kappa shape index (κ1) is 18.2. The van der Waals surface area contributed by atoms with Crippen LogP contribution in [0.4, 0.5) is 0 Å². The number of nitrogens with zero attached hydrogens (tertiary/aromatic N) is 1. The van der Waals surface area contributed by atoms with Crippen LogP contribution in [0, 0.1) is 0 Å². The van der Waals surface area contributed by atoms with Crippen molar-refractivity contribution in [3.8, 4) is 5.75 Å². The molecule has 0 aliphatic carbocycles. The van der Waals surface area contributed by atoms with E-state index in [0.717, 1.165) is 10.0 Å². The van der Waals surface area contributed by atoms with Crippen molar-refractivity contribution in [2.24, 2.45) is 5.10 Å². The van der Waals surface area contributed by atoms with Crippen LogP contribution in [0.1, 0.15) is 31.9 Å². The quantitative estimate of drug-likeness (QED) is 0.613. The molecule has 0 aliphatic heterocycles. The summed E-state index contributed by atoms with van der Waals surface area (Å²) < 4.78 is 6.46. The van der Waals surface area contributed by atoms with Crippen LogP contribution in [0.15, 0.2) is 58.1 Å². The second-order valence-corrected chi connectivity index (χ2v) is 7.32. The first-order valence-electron chi connectivity index (χ1n) is 7.65. The lowest BCUT2D eigenvalue weighted by molar-refractivity contribution is -0.123. The molecule has 0 fully saturated rings. The van der Waals surface area contributed by atoms with Crippen LogP contribution in [0.3, 0.4) is 0 Å². The molecule has 0 saturated heterocycles. The minimum absolute atomic E-state index is 0.0768. The third-order valence-electron chi connectivity index (χ3n) is 3.36. The van der Waals surface area contributed by atoms with Crippen molar-refractivity contribution >= 4 is 28.1 Å². The summed E-state index contributed by atoms with van der Waals surface area (Å²) in [5.74, 6) is 0.360. The van der Waals surface area contributed by atoms with E-state index < -0.39 is 0 Å². The molecule has 0 aliphatic rings. The monoisotopic (exact) mass is 388 g/mol. The molecule has 5 heteroatoms. The topological polar surface area (TPSA) is 50.7 Å². The van der Waals surface area contributed by atoms with E-state index in [9.17, 15) is 4.79 Å². The summed E-state index contributed by atoms with van der Waals surface area (Å²) in [6.07, 6.45) is 1.59. The molecule has 1 amide bonds. The minimum atomic E-state index is -0.303. The molecular formula is C19H21BrN2O2. The average Bonchev–Trinajstić information content (AvgIpc) is 2.54. The highest BCUT2D eigenvalue weighted by Crippen LogP contribution is 2.24. The van der Waals surface area contributed by atoms with Gasteiger partial charge in [0.2, 0.25) is 0 Å². The van der Waals surface area contributed by atoms with Gasteiger partial charge in [-0.1, -0.05) is 61.0 Å². The zero-order valence-electron chi connectivity index (χ0n) is 14.0. The summed E-state index contributed by atoms with van der Waals surface area (Å²) >= 11 is 3.36. The van der Waals surface area contributed by atoms with Gasteiger partial charge in [-0.05, 0) is 40.8 Å². The van der Waals surface area contributed by atoms with Gasteiger partial charge in [0.25, 0.3) is 5.91 Å². The highest BCUT2D eigenvalue weighted by atomic mass is 79.9. The molecule has 2 rings (SSSR count). The lowest BCUT2D eigenvalue weighted by Crippen LogP contribution is -2.24. The SMILES string of the molecule is CC(C)(C)c1ccc(OCC(=O)N/N=C\c2ccc(Br)cc2)cc1. The van der Waals surface area contributed by atoms with Crippen molar-refractivity contribution in [2.45, 2.75) is 26.2 Å². The molecule has 0 saturated carbocycles. The summed E-state index contributed by atoms with van der Waals surface area (Å²) in [6.45, 7) is 6.38. The van der Waals surface area contributed by atoms with Gasteiger partial charge in [0.15, 0.2) is 6.61 Å². The van der Waals surface area contributed by atoms with Gasteiger partial charge < -0.3 is 4.74 Å². The van der Waals surface area contributed by atoms with Crippen molar-refractivity contribution in [3.05, 3.63) is 64.1 Å². The molecular weight excluding hydrogens is 368 g/mol. The largest absolute Gasteiger partial charge is 0.484 e. The predicted molar refractivity (Wildman–Crippen MR) is 101 cm³/mol. The second kappa shape index (κ2) is 8.11. The van der Waals surface area contributed by atoms with Crippen LogP contribution in [0.25, 0.3) is 0 Å². The second-order valence-electron chi connectivity index (χ2n) is 6.41. The summed E-state index contributed by atoms with van der Waals surface area (Å²) in [7, 11) is 0. The van der Waals surface area contributed by atoms with E-state index in [1.807, 2.05) is 48.5 Å². The van der Waals surface area contributed by atoms with E-state index in [4.69, 9.17) is 4.74 Å². The first-order chi connectivity index (χ1) is 11.3. The van der Waals surface area contributed by atoms with Crippen LogP contribution in [-0.2, 0) is 10.2 Å². The fourth-order valence-electron chi connectivity index (χ4n) is 1.96. The smallest absolute Gasteiger partial charge is 0.277 e. The predicted octanol–water partition coefficient (Wildman–Crippen LogP) is 4.28. The molecule has 1 N–H and O–H groups in total. The van der Waals surface area contributed by atoms with Crippen LogP contribution in [0.5, 0.6) is 5.75 Å². The van der Waals surface area contributed by atoms with Gasteiger partial charge in [-0.3, -0.25) is 4.79 Å². The number of nitrogens with one attached hydrogen (secondary N) is 1. The van der Waals surface area contributed by atoms with E-state index in [1.165, 1.54) is 5.56 Å². The van der Waals surface area contributed by atoms with Crippen LogP contribution < -0.4 is 10.2 Å². The standard InChI is InChI=1S/C19H21BrN2O2/c1-19(2,3)15-6-10-17(11-7-15)24-13-18(23)22-21-12-14-4-8-16(20)9-5-14/h4-12H,13H2,1-3H3,(H,22,23)/b21-12-. The molecule has 0 aromatic heterocycles. The highest BCUT2D eigenvalue weighted by Gasteiger charge is 2.13. The summed E-state index contributed by atoms with van der Waals surface area (Å²) in [5, 5.41) is 3.91. The molecule has 0 atom stereocenters. The van der Waals surface area contributed by atoms with E-state index >= 15 is 0 Å².